The third-order valence-corrected chi connectivity index (χ3v) is 6.76. The Hall–Kier alpha value is -4.89. The van der Waals surface area contributed by atoms with Gasteiger partial charge in [0.1, 0.15) is 42.3 Å². The van der Waals surface area contributed by atoms with Crippen molar-refractivity contribution >= 4 is 53.3 Å². The summed E-state index contributed by atoms with van der Waals surface area (Å²) in [6.07, 6.45) is -4.58. The van der Waals surface area contributed by atoms with Crippen LogP contribution in [0, 0.1) is 5.92 Å². The summed E-state index contributed by atoms with van der Waals surface area (Å²) in [5, 5.41) is 50.9. The van der Waals surface area contributed by atoms with E-state index in [1.165, 1.54) is 20.8 Å². The molecule has 0 bridgehead atoms. The monoisotopic (exact) mass is 704 g/mol. The average molecular weight is 705 g/mol. The van der Waals surface area contributed by atoms with Crippen molar-refractivity contribution in [3.05, 3.63) is 0 Å². The van der Waals surface area contributed by atoms with Crippen LogP contribution in [0.25, 0.3) is 0 Å². The number of aliphatic hydroxyl groups is 2. The van der Waals surface area contributed by atoms with Crippen LogP contribution in [0.2, 0.25) is 0 Å². The Bertz CT molecular complexity index is 1240. The number of nitrogens with two attached hydrogens (primary N) is 2. The number of nitrogens with one attached hydrogen (secondary N) is 6. The molecule has 14 N–H and O–H groups in total. The van der Waals surface area contributed by atoms with Gasteiger partial charge in [-0.1, -0.05) is 13.8 Å². The maximum Gasteiger partial charge on any atom is 0.326 e. The molecule has 21 heteroatoms. The van der Waals surface area contributed by atoms with Crippen molar-refractivity contribution in [3.63, 3.8) is 0 Å². The molecule has 0 saturated heterocycles. The molecule has 0 heterocycles. The predicted molar refractivity (Wildman–Crippen MR) is 167 cm³/mol. The Morgan fingerprint density at radius 3 is 1.43 bits per heavy atom. The van der Waals surface area contributed by atoms with Crippen LogP contribution in [-0.4, -0.2) is 128 Å². The fraction of sp³-hybridized carbons (Fsp3) is 0.679. The van der Waals surface area contributed by atoms with E-state index < -0.39 is 121 Å². The molecule has 0 rings (SSSR count). The van der Waals surface area contributed by atoms with Crippen LogP contribution >= 0.6 is 0 Å². The minimum absolute atomic E-state index is 0.0331. The molecule has 7 amide bonds. The fourth-order valence-corrected chi connectivity index (χ4v) is 3.98. The molecule has 0 aromatic carbocycles. The third-order valence-electron chi connectivity index (χ3n) is 6.76. The van der Waals surface area contributed by atoms with Crippen molar-refractivity contribution in [3.8, 4) is 0 Å². The second-order valence-corrected chi connectivity index (χ2v) is 11.9. The van der Waals surface area contributed by atoms with Crippen LogP contribution in [0.1, 0.15) is 60.8 Å². The highest BCUT2D eigenvalue weighted by Gasteiger charge is 2.35. The number of carbonyl (C=O) groups excluding carboxylic acids is 7. The summed E-state index contributed by atoms with van der Waals surface area (Å²) >= 11 is 0. The van der Waals surface area contributed by atoms with Crippen LogP contribution in [0.5, 0.6) is 0 Å². The largest absolute Gasteiger partial charge is 0.481 e. The molecule has 49 heavy (non-hydrogen) atoms. The first-order chi connectivity index (χ1) is 22.5. The molecule has 0 aliphatic carbocycles. The highest BCUT2D eigenvalue weighted by Crippen LogP contribution is 2.08. The first-order valence-electron chi connectivity index (χ1n) is 15.1. The van der Waals surface area contributed by atoms with E-state index in [1.54, 1.807) is 13.8 Å². The van der Waals surface area contributed by atoms with Gasteiger partial charge in [0, 0.05) is 0 Å². The van der Waals surface area contributed by atoms with Crippen molar-refractivity contribution in [1.29, 1.82) is 0 Å². The quantitative estimate of drug-likeness (QED) is 0.0530. The molecule has 0 saturated carbocycles. The Morgan fingerprint density at radius 2 is 1.00 bits per heavy atom. The predicted octanol–water partition coefficient (Wildman–Crippen LogP) is -5.50. The van der Waals surface area contributed by atoms with Crippen LogP contribution in [0.15, 0.2) is 0 Å². The second-order valence-electron chi connectivity index (χ2n) is 11.9. The minimum Gasteiger partial charge on any atom is -0.481 e. The zero-order valence-electron chi connectivity index (χ0n) is 28.0. The van der Waals surface area contributed by atoms with Crippen LogP contribution < -0.4 is 43.4 Å². The minimum atomic E-state index is -1.79. The number of rotatable bonds is 21. The number of aliphatic hydroxyl groups excluding tert-OH is 2. The highest BCUT2D eigenvalue weighted by molar-refractivity contribution is 5.98. The SMILES string of the molecule is CC(C)C[C@H](NC(=O)[C@H](CC(N)=O)NC(=O)[C@@H](NC(=O)[C@H](C)NC(=O)[C@@H](N)[C@@H](C)O)[C@@H](C)O)C(=O)N[C@@H](C)C(=O)N[C@@H](CC(=O)O)C(=O)O. The van der Waals surface area contributed by atoms with Gasteiger partial charge in [0.25, 0.3) is 0 Å². The molecule has 0 aromatic rings. The molecule has 0 fully saturated rings. The molecule has 0 unspecified atom stereocenters. The molecule has 9 atom stereocenters. The van der Waals surface area contributed by atoms with Crippen LogP contribution in [0.3, 0.4) is 0 Å². The first kappa shape index (κ1) is 44.1. The van der Waals surface area contributed by atoms with E-state index in [9.17, 15) is 53.4 Å². The Labute approximate surface area is 281 Å². The van der Waals surface area contributed by atoms with E-state index in [0.29, 0.717) is 0 Å². The van der Waals surface area contributed by atoms with Crippen molar-refractivity contribution < 1.29 is 63.6 Å². The third kappa shape index (κ3) is 16.2. The van der Waals surface area contributed by atoms with E-state index in [2.05, 4.69) is 26.6 Å². The van der Waals surface area contributed by atoms with Gasteiger partial charge in [0.15, 0.2) is 0 Å². The molecule has 21 nitrogen and oxygen atoms in total. The van der Waals surface area contributed by atoms with Gasteiger partial charge in [-0.3, -0.25) is 38.4 Å². The summed E-state index contributed by atoms with van der Waals surface area (Å²) in [7, 11) is 0. The molecule has 0 aliphatic rings. The van der Waals surface area contributed by atoms with Gasteiger partial charge < -0.3 is 63.8 Å². The van der Waals surface area contributed by atoms with Gasteiger partial charge in [-0.25, -0.2) is 4.79 Å². The smallest absolute Gasteiger partial charge is 0.326 e. The maximum absolute atomic E-state index is 13.3. The lowest BCUT2D eigenvalue weighted by Gasteiger charge is -2.27. The zero-order chi connectivity index (χ0) is 38.3. The summed E-state index contributed by atoms with van der Waals surface area (Å²) in [6, 6.07) is -10.7. The number of carboxylic acids is 2. The molecule has 0 aliphatic heterocycles. The number of primary amides is 1. The van der Waals surface area contributed by atoms with Gasteiger partial charge in [-0.15, -0.1) is 0 Å². The molecule has 278 valence electrons. The number of amides is 7. The van der Waals surface area contributed by atoms with Gasteiger partial charge in [0.05, 0.1) is 25.0 Å². The van der Waals surface area contributed by atoms with Crippen LogP contribution in [0.4, 0.5) is 0 Å². The zero-order valence-corrected chi connectivity index (χ0v) is 28.0. The fourth-order valence-electron chi connectivity index (χ4n) is 3.98. The van der Waals surface area contributed by atoms with Crippen molar-refractivity contribution in [1.82, 2.24) is 31.9 Å². The van der Waals surface area contributed by atoms with Gasteiger partial charge in [0.2, 0.25) is 41.4 Å². The first-order valence-corrected chi connectivity index (χ1v) is 15.1. The summed E-state index contributed by atoms with van der Waals surface area (Å²) in [5.74, 6) is -10.5. The lowest BCUT2D eigenvalue weighted by atomic mass is 10.0. The molecule has 0 aromatic heterocycles. The van der Waals surface area contributed by atoms with E-state index >= 15 is 0 Å². The Balaban J connectivity index is 5.85. The maximum atomic E-state index is 13.3. The number of aliphatic carboxylic acids is 2. The van der Waals surface area contributed by atoms with Crippen molar-refractivity contribution in [2.75, 3.05) is 0 Å². The van der Waals surface area contributed by atoms with E-state index in [-0.39, 0.29) is 12.3 Å². The summed E-state index contributed by atoms with van der Waals surface area (Å²) in [6.45, 7) is 8.16. The van der Waals surface area contributed by atoms with Crippen molar-refractivity contribution in [2.45, 2.75) is 115 Å². The lowest BCUT2D eigenvalue weighted by Crippen LogP contribution is -2.61. The van der Waals surface area contributed by atoms with E-state index in [4.69, 9.17) is 21.7 Å². The Kier molecular flexibility index (Phi) is 18.4. The summed E-state index contributed by atoms with van der Waals surface area (Å²) in [4.78, 5) is 111. The molecule has 0 radical (unpaired) electrons. The van der Waals surface area contributed by atoms with E-state index in [0.717, 1.165) is 6.92 Å². The van der Waals surface area contributed by atoms with E-state index in [1.807, 2.05) is 5.32 Å². The number of hydrogen-bond acceptors (Lipinski definition) is 12. The normalized spacial score (nSPS) is 16.5. The summed E-state index contributed by atoms with van der Waals surface area (Å²) in [5.41, 5.74) is 10.8. The standard InChI is InChI=1S/C28H48N8O13/c1-10(2)7-15(24(44)31-11(3)22(42)35-17(28(48)49)9-19(40)41)33-25(45)16(8-18(29)39)34-27(47)21(14(6)38)36-23(43)12(4)32-26(46)20(30)13(5)37/h10-17,20-21,37-38H,7-9,30H2,1-6H3,(H2,29,39)(H,31,44)(H,32,46)(H,33,45)(H,34,47)(H,35,42)(H,36,43)(H,40,41)(H,48,49)/t11-,12-,13+,14+,15-,16-,17-,20-,21-/m0/s1. The van der Waals surface area contributed by atoms with Gasteiger partial charge in [-0.2, -0.15) is 0 Å². The second kappa shape index (κ2) is 20.5. The number of carboxylic acid groups (broad SMARTS) is 2. The summed E-state index contributed by atoms with van der Waals surface area (Å²) < 4.78 is 0. The van der Waals surface area contributed by atoms with Gasteiger partial charge in [-0.05, 0) is 40.0 Å². The highest BCUT2D eigenvalue weighted by atomic mass is 16.4. The molecular formula is C28H48N8O13. The number of carbonyl (C=O) groups is 9. The molecular weight excluding hydrogens is 656 g/mol. The molecule has 0 spiro atoms. The van der Waals surface area contributed by atoms with Crippen molar-refractivity contribution in [2.24, 2.45) is 17.4 Å². The Morgan fingerprint density at radius 1 is 0.551 bits per heavy atom. The van der Waals surface area contributed by atoms with Gasteiger partial charge >= 0.3 is 11.9 Å². The lowest BCUT2D eigenvalue weighted by molar-refractivity contribution is -0.147. The topological polar surface area (TPSA) is 359 Å². The van der Waals surface area contributed by atoms with Crippen LogP contribution in [-0.2, 0) is 43.2 Å². The number of hydrogen-bond donors (Lipinski definition) is 12. The average Bonchev–Trinajstić information content (AvgIpc) is 2.96.